The lowest BCUT2D eigenvalue weighted by atomic mass is 10.1. The summed E-state index contributed by atoms with van der Waals surface area (Å²) >= 11 is 1.28. The maximum atomic E-state index is 13.1. The monoisotopic (exact) mass is 417 g/mol. The van der Waals surface area contributed by atoms with Crippen LogP contribution in [0.4, 0.5) is 0 Å². The molecule has 0 bridgehead atoms. The fourth-order valence-electron chi connectivity index (χ4n) is 2.88. The normalized spacial score (nSPS) is 17.0. The van der Waals surface area contributed by atoms with Gasteiger partial charge in [0, 0.05) is 0 Å². The third kappa shape index (κ3) is 4.52. The van der Waals surface area contributed by atoms with Crippen molar-refractivity contribution >= 4 is 35.1 Å². The molecule has 1 aliphatic rings. The minimum Gasteiger partial charge on any atom is -0.508 e. The quantitative estimate of drug-likeness (QED) is 0.367. The van der Waals surface area contributed by atoms with Gasteiger partial charge in [-0.1, -0.05) is 24.3 Å². The molecule has 1 aromatic heterocycles. The number of hydrogen-bond acceptors (Lipinski definition) is 6. The van der Waals surface area contributed by atoms with Crippen LogP contribution >= 0.6 is 11.8 Å². The Morgan fingerprint density at radius 2 is 1.90 bits per heavy atom. The van der Waals surface area contributed by atoms with E-state index in [2.05, 4.69) is 10.2 Å². The van der Waals surface area contributed by atoms with Gasteiger partial charge in [0.15, 0.2) is 5.17 Å². The van der Waals surface area contributed by atoms with Crippen molar-refractivity contribution in [1.82, 2.24) is 4.90 Å². The van der Waals surface area contributed by atoms with Crippen molar-refractivity contribution in [2.24, 2.45) is 10.2 Å². The molecule has 1 fully saturated rings. The van der Waals surface area contributed by atoms with Gasteiger partial charge in [0.1, 0.15) is 11.5 Å². The van der Waals surface area contributed by atoms with Gasteiger partial charge in [-0.2, -0.15) is 5.10 Å². The second kappa shape index (κ2) is 8.84. The summed E-state index contributed by atoms with van der Waals surface area (Å²) in [5, 5.41) is 18.3. The van der Waals surface area contributed by atoms with Crippen LogP contribution in [-0.2, 0) is 11.3 Å². The third-order valence-corrected chi connectivity index (χ3v) is 5.50. The molecular weight excluding hydrogens is 398 g/mol. The average Bonchev–Trinajstić information content (AvgIpc) is 3.35. The zero-order valence-corrected chi connectivity index (χ0v) is 17.0. The number of aromatic hydroxyl groups is 1. The topological polar surface area (TPSA) is 78.4 Å². The summed E-state index contributed by atoms with van der Waals surface area (Å²) in [6.07, 6.45) is 5.03. The van der Waals surface area contributed by atoms with E-state index in [0.29, 0.717) is 15.8 Å². The Morgan fingerprint density at radius 3 is 2.63 bits per heavy atom. The van der Waals surface area contributed by atoms with E-state index in [1.165, 1.54) is 11.8 Å². The molecule has 3 aromatic rings. The molecule has 1 aliphatic heterocycles. The molecule has 0 saturated carbocycles. The van der Waals surface area contributed by atoms with Crippen LogP contribution in [0.15, 0.2) is 86.5 Å². The minimum absolute atomic E-state index is 0.141. The van der Waals surface area contributed by atoms with Gasteiger partial charge in [-0.25, -0.2) is 0 Å². The fraction of sp³-hybridized carbons (Fsp3) is 0.0870. The molecule has 1 saturated heterocycles. The number of amidine groups is 1. The molecule has 150 valence electrons. The molecule has 30 heavy (non-hydrogen) atoms. The predicted octanol–water partition coefficient (Wildman–Crippen LogP) is 4.80. The van der Waals surface area contributed by atoms with E-state index >= 15 is 0 Å². The first-order valence-electron chi connectivity index (χ1n) is 9.29. The molecule has 6 nitrogen and oxygen atoms in total. The van der Waals surface area contributed by atoms with Gasteiger partial charge in [-0.05, 0) is 77.9 Å². The number of carbonyl (C=O) groups excluding carboxylic acids is 1. The van der Waals surface area contributed by atoms with Crippen molar-refractivity contribution in [3.8, 4) is 5.75 Å². The second-order valence-corrected chi connectivity index (χ2v) is 7.67. The number of hydrogen-bond donors (Lipinski definition) is 1. The smallest absolute Gasteiger partial charge is 0.267 e. The van der Waals surface area contributed by atoms with Crippen molar-refractivity contribution in [3.05, 3.63) is 94.3 Å². The third-order valence-electron chi connectivity index (χ3n) is 4.50. The van der Waals surface area contributed by atoms with Crippen LogP contribution in [0.2, 0.25) is 0 Å². The standard InChI is InChI=1S/C23H19N3O3S/c1-16-5-2-3-6-18(16)13-21-22(28)26(15-20-7-4-12-29-20)23(30-21)25-24-14-17-8-10-19(27)11-9-17/h2-14,27H,15H2,1H3/b21-13-,24-14-,25-23+. The highest BCUT2D eigenvalue weighted by Gasteiger charge is 2.34. The van der Waals surface area contributed by atoms with Gasteiger partial charge < -0.3 is 9.52 Å². The van der Waals surface area contributed by atoms with E-state index in [9.17, 15) is 9.90 Å². The number of furan rings is 1. The summed E-state index contributed by atoms with van der Waals surface area (Å²) < 4.78 is 5.41. The highest BCUT2D eigenvalue weighted by Crippen LogP contribution is 2.34. The van der Waals surface area contributed by atoms with Crippen LogP contribution in [0.3, 0.4) is 0 Å². The SMILES string of the molecule is Cc1ccccc1/C=C1\S/C(=N/N=C\c2ccc(O)cc2)N(Cc2ccco2)C1=O. The number of rotatable bonds is 5. The first-order chi connectivity index (χ1) is 14.6. The second-order valence-electron chi connectivity index (χ2n) is 6.66. The summed E-state index contributed by atoms with van der Waals surface area (Å²) in [5.74, 6) is 0.709. The molecule has 0 aliphatic carbocycles. The van der Waals surface area contributed by atoms with E-state index in [1.807, 2.05) is 43.3 Å². The lowest BCUT2D eigenvalue weighted by molar-refractivity contribution is -0.122. The number of carbonyl (C=O) groups is 1. The van der Waals surface area contributed by atoms with Crippen LogP contribution in [0, 0.1) is 6.92 Å². The van der Waals surface area contributed by atoms with Crippen molar-refractivity contribution in [3.63, 3.8) is 0 Å². The lowest BCUT2D eigenvalue weighted by Gasteiger charge is -2.12. The first-order valence-corrected chi connectivity index (χ1v) is 10.1. The molecule has 1 N–H and O–H groups in total. The van der Waals surface area contributed by atoms with Gasteiger partial charge in [0.25, 0.3) is 5.91 Å². The molecule has 0 unspecified atom stereocenters. The molecule has 1 amide bonds. The van der Waals surface area contributed by atoms with Gasteiger partial charge in [0.2, 0.25) is 0 Å². The zero-order valence-electron chi connectivity index (χ0n) is 16.2. The Bertz CT molecular complexity index is 1130. The van der Waals surface area contributed by atoms with Crippen LogP contribution in [-0.4, -0.2) is 27.3 Å². The highest BCUT2D eigenvalue weighted by atomic mass is 32.2. The Morgan fingerprint density at radius 1 is 1.10 bits per heavy atom. The van der Waals surface area contributed by atoms with Crippen LogP contribution in [0.25, 0.3) is 6.08 Å². The lowest BCUT2D eigenvalue weighted by Crippen LogP contribution is -2.28. The number of amides is 1. The number of thioether (sulfide) groups is 1. The zero-order chi connectivity index (χ0) is 20.9. The number of phenolic OH excluding ortho intramolecular Hbond substituents is 1. The van der Waals surface area contributed by atoms with Crippen molar-refractivity contribution < 1.29 is 14.3 Å². The number of benzene rings is 2. The number of phenols is 1. The van der Waals surface area contributed by atoms with Gasteiger partial charge in [-0.3, -0.25) is 9.69 Å². The molecule has 0 radical (unpaired) electrons. The van der Waals surface area contributed by atoms with Crippen LogP contribution in [0.1, 0.15) is 22.5 Å². The Labute approximate surface area is 178 Å². The summed E-state index contributed by atoms with van der Waals surface area (Å²) in [7, 11) is 0. The highest BCUT2D eigenvalue weighted by molar-refractivity contribution is 8.18. The number of nitrogens with zero attached hydrogens (tertiary/aromatic N) is 3. The maximum Gasteiger partial charge on any atom is 0.267 e. The van der Waals surface area contributed by atoms with Gasteiger partial charge in [0.05, 0.1) is 23.9 Å². The summed E-state index contributed by atoms with van der Waals surface area (Å²) in [6, 6.07) is 18.1. The van der Waals surface area contributed by atoms with E-state index in [0.717, 1.165) is 16.7 Å². The summed E-state index contributed by atoms with van der Waals surface area (Å²) in [5.41, 5.74) is 2.87. The van der Waals surface area contributed by atoms with E-state index in [-0.39, 0.29) is 18.2 Å². The van der Waals surface area contributed by atoms with E-state index in [1.54, 1.807) is 47.7 Å². The predicted molar refractivity (Wildman–Crippen MR) is 119 cm³/mol. The van der Waals surface area contributed by atoms with Crippen LogP contribution in [0.5, 0.6) is 5.75 Å². The van der Waals surface area contributed by atoms with Gasteiger partial charge in [-0.15, -0.1) is 5.10 Å². The molecule has 4 rings (SSSR count). The molecule has 2 aromatic carbocycles. The molecular formula is C23H19N3O3S. The Hall–Kier alpha value is -3.58. The van der Waals surface area contributed by atoms with E-state index < -0.39 is 0 Å². The van der Waals surface area contributed by atoms with Crippen molar-refractivity contribution in [2.45, 2.75) is 13.5 Å². The van der Waals surface area contributed by atoms with Gasteiger partial charge >= 0.3 is 0 Å². The maximum absolute atomic E-state index is 13.1. The van der Waals surface area contributed by atoms with E-state index in [4.69, 9.17) is 4.42 Å². The van der Waals surface area contributed by atoms with Crippen molar-refractivity contribution in [2.75, 3.05) is 0 Å². The molecule has 0 spiro atoms. The minimum atomic E-state index is -0.141. The average molecular weight is 417 g/mol. The molecule has 0 atom stereocenters. The number of aryl methyl sites for hydroxylation is 1. The summed E-state index contributed by atoms with van der Waals surface area (Å²) in [6.45, 7) is 2.28. The fourth-order valence-corrected chi connectivity index (χ4v) is 3.80. The molecule has 2 heterocycles. The van der Waals surface area contributed by atoms with Crippen LogP contribution < -0.4 is 0 Å². The Kier molecular flexibility index (Phi) is 5.81. The summed E-state index contributed by atoms with van der Waals surface area (Å²) in [4.78, 5) is 15.2. The Balaban J connectivity index is 1.63. The van der Waals surface area contributed by atoms with Crippen molar-refractivity contribution in [1.29, 1.82) is 0 Å². The molecule has 7 heteroatoms. The first kappa shape index (κ1) is 19.7. The largest absolute Gasteiger partial charge is 0.508 e.